The number of halogens is 1. The molecule has 1 N–H and O–H groups in total. The van der Waals surface area contributed by atoms with E-state index in [1.807, 2.05) is 13.8 Å². The van der Waals surface area contributed by atoms with Crippen LogP contribution in [0.15, 0.2) is 18.2 Å². The molecule has 0 aliphatic carbocycles. The van der Waals surface area contributed by atoms with Gasteiger partial charge in [-0.15, -0.1) is 0 Å². The topological polar surface area (TPSA) is 46.5 Å². The van der Waals surface area contributed by atoms with E-state index in [9.17, 15) is 4.79 Å². The lowest BCUT2D eigenvalue weighted by atomic mass is 9.85. The molecule has 17 heavy (non-hydrogen) atoms. The summed E-state index contributed by atoms with van der Waals surface area (Å²) >= 11 is 6.07. The highest BCUT2D eigenvalue weighted by atomic mass is 35.5. The molecule has 0 fully saturated rings. The fourth-order valence-electron chi connectivity index (χ4n) is 1.36. The van der Waals surface area contributed by atoms with E-state index in [2.05, 4.69) is 0 Å². The van der Waals surface area contributed by atoms with Gasteiger partial charge in [0.05, 0.1) is 16.5 Å². The molecule has 0 saturated heterocycles. The number of carboxylic acids is 1. The molecule has 0 aliphatic heterocycles. The van der Waals surface area contributed by atoms with Crippen LogP contribution in [0.3, 0.4) is 0 Å². The zero-order chi connectivity index (χ0) is 13.2. The van der Waals surface area contributed by atoms with Crippen molar-refractivity contribution in [2.24, 2.45) is 0 Å². The predicted molar refractivity (Wildman–Crippen MR) is 67.9 cm³/mol. The molecule has 0 heterocycles. The third-order valence-corrected chi connectivity index (χ3v) is 2.85. The van der Waals surface area contributed by atoms with Crippen LogP contribution < -0.4 is 4.74 Å². The zero-order valence-corrected chi connectivity index (χ0v) is 11.2. The molecular formula is C13H17ClO3. The van der Waals surface area contributed by atoms with Crippen LogP contribution in [0.5, 0.6) is 5.75 Å². The van der Waals surface area contributed by atoms with Gasteiger partial charge in [-0.25, -0.2) is 0 Å². The second-order valence-electron chi connectivity index (χ2n) is 4.74. The molecule has 3 nitrogen and oxygen atoms in total. The molecule has 0 saturated carbocycles. The van der Waals surface area contributed by atoms with E-state index in [4.69, 9.17) is 21.4 Å². The van der Waals surface area contributed by atoms with Gasteiger partial charge in [-0.3, -0.25) is 4.79 Å². The number of carboxylic acid groups (broad SMARTS) is 1. The third kappa shape index (κ3) is 3.13. The summed E-state index contributed by atoms with van der Waals surface area (Å²) in [5, 5.41) is 9.56. The number of aliphatic carboxylic acids is 1. The molecule has 0 atom stereocenters. The highest BCUT2D eigenvalue weighted by Gasteiger charge is 2.29. The summed E-state index contributed by atoms with van der Waals surface area (Å²) < 4.78 is 5.49. The first kappa shape index (κ1) is 13.8. The molecule has 0 unspecified atom stereocenters. The zero-order valence-electron chi connectivity index (χ0n) is 10.5. The first-order valence-corrected chi connectivity index (χ1v) is 5.83. The van der Waals surface area contributed by atoms with Crippen molar-refractivity contribution in [3.63, 3.8) is 0 Å². The van der Waals surface area contributed by atoms with Crippen molar-refractivity contribution < 1.29 is 14.6 Å². The maximum atomic E-state index is 11.1. The minimum absolute atomic E-state index is 0.0332. The van der Waals surface area contributed by atoms with Crippen molar-refractivity contribution in [3.8, 4) is 5.75 Å². The number of rotatable bonds is 4. The minimum atomic E-state index is -0.958. The highest BCUT2D eigenvalue weighted by molar-refractivity contribution is 6.32. The fraction of sp³-hybridized carbons (Fsp3) is 0.462. The second-order valence-corrected chi connectivity index (χ2v) is 5.15. The van der Waals surface area contributed by atoms with Gasteiger partial charge in [-0.05, 0) is 45.4 Å². The highest BCUT2D eigenvalue weighted by Crippen LogP contribution is 2.32. The van der Waals surface area contributed by atoms with E-state index >= 15 is 0 Å². The molecule has 0 aliphatic rings. The summed E-state index contributed by atoms with van der Waals surface area (Å²) in [6.07, 6.45) is 0.0332. The SMILES string of the molecule is CC(C)Oc1ccc(C(C)(C)C(=O)O)cc1Cl. The van der Waals surface area contributed by atoms with E-state index in [1.54, 1.807) is 32.0 Å². The molecule has 94 valence electrons. The van der Waals surface area contributed by atoms with E-state index in [0.29, 0.717) is 16.3 Å². The van der Waals surface area contributed by atoms with Crippen molar-refractivity contribution in [1.82, 2.24) is 0 Å². The number of benzene rings is 1. The predicted octanol–water partition coefficient (Wildman–Crippen LogP) is 3.49. The van der Waals surface area contributed by atoms with Crippen LogP contribution in [0, 0.1) is 0 Å². The Morgan fingerprint density at radius 3 is 2.41 bits per heavy atom. The summed E-state index contributed by atoms with van der Waals surface area (Å²) in [5.74, 6) is -0.308. The van der Waals surface area contributed by atoms with Crippen molar-refractivity contribution in [3.05, 3.63) is 28.8 Å². The standard InChI is InChI=1S/C13H17ClO3/c1-8(2)17-11-6-5-9(7-10(11)14)13(3,4)12(15)16/h5-8H,1-4H3,(H,15,16). The Kier molecular flexibility index (Phi) is 4.04. The van der Waals surface area contributed by atoms with Crippen molar-refractivity contribution in [2.75, 3.05) is 0 Å². The first-order chi connectivity index (χ1) is 7.75. The average molecular weight is 257 g/mol. The number of carbonyl (C=O) groups is 1. The molecule has 1 aromatic carbocycles. The van der Waals surface area contributed by atoms with Crippen LogP contribution >= 0.6 is 11.6 Å². The Bertz CT molecular complexity index is 425. The molecular weight excluding hydrogens is 240 g/mol. The minimum Gasteiger partial charge on any atom is -0.489 e. The van der Waals surface area contributed by atoms with Gasteiger partial charge in [0.2, 0.25) is 0 Å². The van der Waals surface area contributed by atoms with E-state index in [1.165, 1.54) is 0 Å². The van der Waals surface area contributed by atoms with E-state index < -0.39 is 11.4 Å². The Morgan fingerprint density at radius 1 is 1.41 bits per heavy atom. The van der Waals surface area contributed by atoms with Crippen molar-refractivity contribution in [1.29, 1.82) is 0 Å². The van der Waals surface area contributed by atoms with Crippen molar-refractivity contribution in [2.45, 2.75) is 39.2 Å². The lowest BCUT2D eigenvalue weighted by molar-refractivity contribution is -0.142. The third-order valence-electron chi connectivity index (χ3n) is 2.55. The van der Waals surface area contributed by atoms with Crippen LogP contribution in [-0.2, 0) is 10.2 Å². The van der Waals surface area contributed by atoms with Gasteiger partial charge in [-0.1, -0.05) is 17.7 Å². The van der Waals surface area contributed by atoms with Gasteiger partial charge in [-0.2, -0.15) is 0 Å². The normalized spacial score (nSPS) is 11.6. The van der Waals surface area contributed by atoms with Crippen molar-refractivity contribution >= 4 is 17.6 Å². The summed E-state index contributed by atoms with van der Waals surface area (Å²) in [7, 11) is 0. The molecule has 0 spiro atoms. The molecule has 0 aromatic heterocycles. The van der Waals surface area contributed by atoms with Gasteiger partial charge < -0.3 is 9.84 Å². The first-order valence-electron chi connectivity index (χ1n) is 5.45. The summed E-state index contributed by atoms with van der Waals surface area (Å²) in [4.78, 5) is 11.1. The Labute approximate surface area is 106 Å². The van der Waals surface area contributed by atoms with Crippen LogP contribution in [0.1, 0.15) is 33.3 Å². The summed E-state index contributed by atoms with van der Waals surface area (Å²) in [6, 6.07) is 5.09. The molecule has 4 heteroatoms. The molecule has 0 amide bonds. The monoisotopic (exact) mass is 256 g/mol. The van der Waals surface area contributed by atoms with Crippen LogP contribution in [0.25, 0.3) is 0 Å². The Hall–Kier alpha value is -1.22. The Balaban J connectivity index is 3.08. The average Bonchev–Trinajstić information content (AvgIpc) is 2.20. The molecule has 1 rings (SSSR count). The van der Waals surface area contributed by atoms with Crippen LogP contribution in [-0.4, -0.2) is 17.2 Å². The molecule has 0 bridgehead atoms. The maximum Gasteiger partial charge on any atom is 0.313 e. The summed E-state index contributed by atoms with van der Waals surface area (Å²) in [5.41, 5.74) is -0.300. The van der Waals surface area contributed by atoms with E-state index in [0.717, 1.165) is 0 Å². The van der Waals surface area contributed by atoms with Gasteiger partial charge >= 0.3 is 5.97 Å². The second kappa shape index (κ2) is 4.96. The number of hydrogen-bond acceptors (Lipinski definition) is 2. The van der Waals surface area contributed by atoms with Gasteiger partial charge in [0.1, 0.15) is 5.75 Å². The lowest BCUT2D eigenvalue weighted by Gasteiger charge is -2.21. The molecule has 1 aromatic rings. The summed E-state index contributed by atoms with van der Waals surface area (Å²) in [6.45, 7) is 7.10. The maximum absolute atomic E-state index is 11.1. The van der Waals surface area contributed by atoms with E-state index in [-0.39, 0.29) is 6.10 Å². The largest absolute Gasteiger partial charge is 0.489 e. The number of ether oxygens (including phenoxy) is 1. The number of hydrogen-bond donors (Lipinski definition) is 1. The lowest BCUT2D eigenvalue weighted by Crippen LogP contribution is -2.28. The van der Waals surface area contributed by atoms with Gasteiger partial charge in [0, 0.05) is 0 Å². The molecule has 0 radical (unpaired) electrons. The van der Waals surface area contributed by atoms with Gasteiger partial charge in [0.25, 0.3) is 0 Å². The van der Waals surface area contributed by atoms with Crippen LogP contribution in [0.2, 0.25) is 5.02 Å². The van der Waals surface area contributed by atoms with Crippen LogP contribution in [0.4, 0.5) is 0 Å². The smallest absolute Gasteiger partial charge is 0.313 e. The fourth-order valence-corrected chi connectivity index (χ4v) is 1.59. The van der Waals surface area contributed by atoms with Gasteiger partial charge in [0.15, 0.2) is 0 Å². The Morgan fingerprint density at radius 2 is 2.00 bits per heavy atom. The quantitative estimate of drug-likeness (QED) is 0.897.